The van der Waals surface area contributed by atoms with Crippen LogP contribution in [0.25, 0.3) is 0 Å². The van der Waals surface area contributed by atoms with Crippen molar-refractivity contribution in [3.05, 3.63) is 18.1 Å². The maximum atomic E-state index is 12.8. The largest absolute Gasteiger partial charge is 0.433 e. The monoisotopic (exact) mass is 370 g/mol. The zero-order valence-corrected chi connectivity index (χ0v) is 14.2. The summed E-state index contributed by atoms with van der Waals surface area (Å²) >= 11 is 0. The van der Waals surface area contributed by atoms with Crippen molar-refractivity contribution in [3.8, 4) is 0 Å². The van der Waals surface area contributed by atoms with Gasteiger partial charge in [-0.15, -0.1) is 0 Å². The predicted molar refractivity (Wildman–Crippen MR) is 87.0 cm³/mol. The molecule has 3 aliphatic rings. The molecule has 1 amide bonds. The van der Waals surface area contributed by atoms with Crippen molar-refractivity contribution in [1.82, 2.24) is 25.5 Å². The first-order valence-corrected chi connectivity index (χ1v) is 8.84. The minimum atomic E-state index is -4.48. The Morgan fingerprint density at radius 3 is 2.50 bits per heavy atom. The highest BCUT2D eigenvalue weighted by molar-refractivity contribution is 5.77. The summed E-state index contributed by atoms with van der Waals surface area (Å²) < 4.78 is 38.5. The van der Waals surface area contributed by atoms with E-state index in [2.05, 4.69) is 25.5 Å². The highest BCUT2D eigenvalue weighted by atomic mass is 19.4. The van der Waals surface area contributed by atoms with Gasteiger partial charge in [0.05, 0.1) is 0 Å². The standard InChI is InChI=1S/C16H21F3N6O/c17-16(18,19)12-8-13(21-9-20-12)24-3-5-25(6-4-24)15-22-11(10-1-2-10)7-14(26)23-15/h8-11,15,22H,1-7H2,(H,23,26). The highest BCUT2D eigenvalue weighted by Crippen LogP contribution is 2.35. The Hall–Kier alpha value is -1.94. The summed E-state index contributed by atoms with van der Waals surface area (Å²) in [6.45, 7) is 2.33. The Kier molecular flexibility index (Phi) is 4.47. The molecule has 0 aromatic carbocycles. The number of piperazine rings is 1. The minimum Gasteiger partial charge on any atom is -0.354 e. The molecule has 142 valence electrons. The molecule has 2 aliphatic heterocycles. The molecule has 2 unspecified atom stereocenters. The van der Waals surface area contributed by atoms with Crippen LogP contribution in [0.3, 0.4) is 0 Å². The van der Waals surface area contributed by atoms with Gasteiger partial charge in [-0.2, -0.15) is 13.2 Å². The Balaban J connectivity index is 1.37. The van der Waals surface area contributed by atoms with Crippen LogP contribution in [0.15, 0.2) is 12.4 Å². The van der Waals surface area contributed by atoms with Gasteiger partial charge in [0.1, 0.15) is 24.1 Å². The second-order valence-electron chi connectivity index (χ2n) is 7.07. The summed E-state index contributed by atoms with van der Waals surface area (Å²) in [5, 5.41) is 6.47. The fraction of sp³-hybridized carbons (Fsp3) is 0.688. The molecule has 3 heterocycles. The number of carbonyl (C=O) groups excluding carboxylic acids is 1. The average molecular weight is 370 g/mol. The summed E-state index contributed by atoms with van der Waals surface area (Å²) in [7, 11) is 0. The van der Waals surface area contributed by atoms with E-state index >= 15 is 0 Å². The lowest BCUT2D eigenvalue weighted by Crippen LogP contribution is -2.67. The molecular formula is C16H21F3N6O. The lowest BCUT2D eigenvalue weighted by atomic mass is 10.1. The van der Waals surface area contributed by atoms with Gasteiger partial charge in [-0.25, -0.2) is 9.97 Å². The van der Waals surface area contributed by atoms with Crippen LogP contribution in [0, 0.1) is 5.92 Å². The zero-order valence-electron chi connectivity index (χ0n) is 14.2. The molecule has 1 aromatic rings. The lowest BCUT2D eigenvalue weighted by molar-refractivity contribution is -0.141. The number of hydrogen-bond donors (Lipinski definition) is 2. The van der Waals surface area contributed by atoms with Gasteiger partial charge in [-0.3, -0.25) is 15.0 Å². The minimum absolute atomic E-state index is 0.0544. The third kappa shape index (κ3) is 3.75. The van der Waals surface area contributed by atoms with Crippen LogP contribution in [-0.4, -0.2) is 59.3 Å². The van der Waals surface area contributed by atoms with Gasteiger partial charge in [0, 0.05) is 44.7 Å². The number of anilines is 1. The van der Waals surface area contributed by atoms with E-state index in [4.69, 9.17) is 0 Å². The number of aromatic nitrogens is 2. The molecule has 1 aliphatic carbocycles. The van der Waals surface area contributed by atoms with Crippen LogP contribution in [0.2, 0.25) is 0 Å². The van der Waals surface area contributed by atoms with E-state index in [9.17, 15) is 18.0 Å². The van der Waals surface area contributed by atoms with Gasteiger partial charge in [-0.05, 0) is 18.8 Å². The molecule has 2 atom stereocenters. The summed E-state index contributed by atoms with van der Waals surface area (Å²) in [5.41, 5.74) is -0.932. The summed E-state index contributed by atoms with van der Waals surface area (Å²) in [4.78, 5) is 23.2. The SMILES string of the molecule is O=C1CC(C2CC2)NC(N2CCN(c3cc(C(F)(F)F)ncn3)CC2)N1. The number of hydrogen-bond acceptors (Lipinski definition) is 6. The van der Waals surface area contributed by atoms with Crippen LogP contribution in [0.5, 0.6) is 0 Å². The highest BCUT2D eigenvalue weighted by Gasteiger charge is 2.39. The molecule has 1 saturated carbocycles. The quantitative estimate of drug-likeness (QED) is 0.820. The van der Waals surface area contributed by atoms with Crippen molar-refractivity contribution >= 4 is 11.7 Å². The van der Waals surface area contributed by atoms with Crippen molar-refractivity contribution in [2.75, 3.05) is 31.1 Å². The predicted octanol–water partition coefficient (Wildman–Crippen LogP) is 0.789. The molecule has 2 N–H and O–H groups in total. The van der Waals surface area contributed by atoms with Gasteiger partial charge in [0.15, 0.2) is 0 Å². The first kappa shape index (κ1) is 17.5. The molecule has 0 radical (unpaired) electrons. The Morgan fingerprint density at radius 2 is 1.85 bits per heavy atom. The third-order valence-electron chi connectivity index (χ3n) is 5.21. The van der Waals surface area contributed by atoms with Gasteiger partial charge in [-0.1, -0.05) is 0 Å². The molecular weight excluding hydrogens is 349 g/mol. The van der Waals surface area contributed by atoms with Gasteiger partial charge >= 0.3 is 6.18 Å². The smallest absolute Gasteiger partial charge is 0.354 e. The second-order valence-corrected chi connectivity index (χ2v) is 7.07. The van der Waals surface area contributed by atoms with E-state index < -0.39 is 11.9 Å². The van der Waals surface area contributed by atoms with E-state index in [0.29, 0.717) is 38.5 Å². The van der Waals surface area contributed by atoms with Crippen molar-refractivity contribution in [2.45, 2.75) is 37.8 Å². The molecule has 7 nitrogen and oxygen atoms in total. The van der Waals surface area contributed by atoms with E-state index in [1.165, 1.54) is 12.8 Å². The van der Waals surface area contributed by atoms with Crippen LogP contribution in [0.1, 0.15) is 25.0 Å². The number of amides is 1. The van der Waals surface area contributed by atoms with Crippen LogP contribution in [0.4, 0.5) is 19.0 Å². The van der Waals surface area contributed by atoms with E-state index in [1.807, 2.05) is 4.90 Å². The average Bonchev–Trinajstić information content (AvgIpc) is 3.46. The number of carbonyl (C=O) groups is 1. The normalized spacial score (nSPS) is 28.1. The zero-order chi connectivity index (χ0) is 18.3. The van der Waals surface area contributed by atoms with Crippen LogP contribution >= 0.6 is 0 Å². The summed E-state index contributed by atoms with van der Waals surface area (Å²) in [6.07, 6.45) is -0.884. The molecule has 0 spiro atoms. The van der Waals surface area contributed by atoms with Crippen molar-refractivity contribution in [1.29, 1.82) is 0 Å². The van der Waals surface area contributed by atoms with E-state index in [1.54, 1.807) is 0 Å². The third-order valence-corrected chi connectivity index (χ3v) is 5.21. The molecule has 0 bridgehead atoms. The molecule has 1 aromatic heterocycles. The van der Waals surface area contributed by atoms with E-state index in [-0.39, 0.29) is 24.1 Å². The maximum absolute atomic E-state index is 12.8. The van der Waals surface area contributed by atoms with Crippen LogP contribution in [-0.2, 0) is 11.0 Å². The molecule has 4 rings (SSSR count). The fourth-order valence-corrected chi connectivity index (χ4v) is 3.60. The first-order valence-electron chi connectivity index (χ1n) is 8.84. The topological polar surface area (TPSA) is 73.4 Å². The summed E-state index contributed by atoms with van der Waals surface area (Å²) in [6, 6.07) is 1.21. The number of halogens is 3. The van der Waals surface area contributed by atoms with Gasteiger partial charge in [0.2, 0.25) is 5.91 Å². The molecule has 3 fully saturated rings. The second kappa shape index (κ2) is 6.66. The Morgan fingerprint density at radius 1 is 1.12 bits per heavy atom. The van der Waals surface area contributed by atoms with E-state index in [0.717, 1.165) is 12.4 Å². The number of nitrogens with zero attached hydrogens (tertiary/aromatic N) is 4. The molecule has 10 heteroatoms. The van der Waals surface area contributed by atoms with Gasteiger partial charge in [0.25, 0.3) is 0 Å². The van der Waals surface area contributed by atoms with Crippen molar-refractivity contribution in [3.63, 3.8) is 0 Å². The molecule has 26 heavy (non-hydrogen) atoms. The van der Waals surface area contributed by atoms with Gasteiger partial charge < -0.3 is 10.2 Å². The summed E-state index contributed by atoms with van der Waals surface area (Å²) in [5.74, 6) is 0.925. The fourth-order valence-electron chi connectivity index (χ4n) is 3.60. The van der Waals surface area contributed by atoms with Crippen molar-refractivity contribution in [2.24, 2.45) is 5.92 Å². The number of nitrogens with one attached hydrogen (secondary N) is 2. The molecule has 2 saturated heterocycles. The van der Waals surface area contributed by atoms with Crippen molar-refractivity contribution < 1.29 is 18.0 Å². The number of alkyl halides is 3. The Bertz CT molecular complexity index is 672. The first-order chi connectivity index (χ1) is 12.4. The Labute approximate surface area is 149 Å². The van der Waals surface area contributed by atoms with Crippen LogP contribution < -0.4 is 15.5 Å². The lowest BCUT2D eigenvalue weighted by Gasteiger charge is -2.43. The maximum Gasteiger partial charge on any atom is 0.433 e. The number of rotatable bonds is 3.